The standard InChI is InChI=1S/C11H19N3OS/c1-7(2)12-9-5-14-8(6-16-9)10(15)13-11(14,3)4/h8-9H,5-6H2,1-4H3,(H,13,15). The first-order chi connectivity index (χ1) is 7.40. The quantitative estimate of drug-likeness (QED) is 0.699. The lowest BCUT2D eigenvalue weighted by atomic mass is 10.2. The molecule has 2 saturated heterocycles. The van der Waals surface area contributed by atoms with Gasteiger partial charge >= 0.3 is 0 Å². The molecule has 0 spiro atoms. The predicted octanol–water partition coefficient (Wildman–Crippen LogP) is 1.08. The third-order valence-corrected chi connectivity index (χ3v) is 4.18. The van der Waals surface area contributed by atoms with Gasteiger partial charge in [0.25, 0.3) is 0 Å². The van der Waals surface area contributed by atoms with E-state index in [-0.39, 0.29) is 23.0 Å². The van der Waals surface area contributed by atoms with Gasteiger partial charge in [0.15, 0.2) is 0 Å². The van der Waals surface area contributed by atoms with Gasteiger partial charge in [0.1, 0.15) is 11.4 Å². The van der Waals surface area contributed by atoms with Crippen LogP contribution in [0.3, 0.4) is 0 Å². The lowest BCUT2D eigenvalue weighted by Gasteiger charge is -2.38. The van der Waals surface area contributed by atoms with Gasteiger partial charge in [-0.05, 0) is 27.7 Å². The summed E-state index contributed by atoms with van der Waals surface area (Å²) in [4.78, 5) is 18.6. The Labute approximate surface area is 101 Å². The number of carbonyl (C=O) groups is 1. The molecule has 4 nitrogen and oxygen atoms in total. The Bertz CT molecular complexity index is 336. The van der Waals surface area contributed by atoms with Crippen LogP contribution in [0.15, 0.2) is 4.99 Å². The third kappa shape index (κ3) is 2.11. The second-order valence-electron chi connectivity index (χ2n) is 5.08. The molecule has 0 aromatic carbocycles. The molecule has 0 aromatic rings. The fraction of sp³-hybridized carbons (Fsp3) is 0.818. The van der Waals surface area contributed by atoms with Crippen LogP contribution in [-0.2, 0) is 4.79 Å². The van der Waals surface area contributed by atoms with E-state index in [1.165, 1.54) is 0 Å². The highest BCUT2D eigenvalue weighted by molar-refractivity contribution is 8.00. The summed E-state index contributed by atoms with van der Waals surface area (Å²) in [6, 6.07) is 0.0311. The third-order valence-electron chi connectivity index (χ3n) is 3.03. The molecule has 2 rings (SSSR count). The summed E-state index contributed by atoms with van der Waals surface area (Å²) < 4.78 is 0. The molecule has 2 aliphatic rings. The Balaban J connectivity index is 2.13. The number of nitrogens with zero attached hydrogens (tertiary/aromatic N) is 2. The first-order valence-electron chi connectivity index (χ1n) is 5.61. The van der Waals surface area contributed by atoms with Gasteiger partial charge in [-0.25, -0.2) is 0 Å². The number of thioether (sulfide) groups is 1. The second kappa shape index (κ2) is 4.04. The Morgan fingerprint density at radius 3 is 2.88 bits per heavy atom. The van der Waals surface area contributed by atoms with E-state index in [4.69, 9.17) is 0 Å². The average Bonchev–Trinajstić information content (AvgIpc) is 2.36. The van der Waals surface area contributed by atoms with Crippen molar-refractivity contribution >= 4 is 23.4 Å². The van der Waals surface area contributed by atoms with Crippen LogP contribution in [0.5, 0.6) is 0 Å². The summed E-state index contributed by atoms with van der Waals surface area (Å²) in [6.07, 6.45) is 0. The van der Waals surface area contributed by atoms with Gasteiger partial charge in [-0.1, -0.05) is 0 Å². The normalized spacial score (nSPS) is 33.1. The summed E-state index contributed by atoms with van der Waals surface area (Å²) >= 11 is 1.78. The molecule has 2 atom stereocenters. The van der Waals surface area contributed by atoms with Gasteiger partial charge in [-0.15, -0.1) is 11.8 Å². The van der Waals surface area contributed by atoms with Gasteiger partial charge in [0.05, 0.1) is 5.66 Å². The van der Waals surface area contributed by atoms with Crippen molar-refractivity contribution in [1.82, 2.24) is 10.2 Å². The van der Waals surface area contributed by atoms with Crippen LogP contribution in [0, 0.1) is 0 Å². The minimum Gasteiger partial charge on any atom is -0.337 e. The number of hydrogen-bond acceptors (Lipinski definition) is 4. The van der Waals surface area contributed by atoms with E-state index in [1.807, 2.05) is 13.8 Å². The monoisotopic (exact) mass is 241 g/mol. The van der Waals surface area contributed by atoms with Gasteiger partial charge in [0, 0.05) is 18.0 Å². The van der Waals surface area contributed by atoms with E-state index < -0.39 is 0 Å². The summed E-state index contributed by atoms with van der Waals surface area (Å²) in [5.41, 5.74) is 0.880. The SMILES string of the molecule is CC(C)=NC1CN2C(CS1)C(=O)NC2(C)C. The number of aliphatic imine (C=N–C) groups is 1. The van der Waals surface area contributed by atoms with Crippen molar-refractivity contribution in [3.8, 4) is 0 Å². The Morgan fingerprint density at radius 1 is 1.56 bits per heavy atom. The molecule has 0 bridgehead atoms. The van der Waals surface area contributed by atoms with Crippen molar-refractivity contribution in [2.45, 2.75) is 44.8 Å². The molecule has 0 aromatic heterocycles. The number of rotatable bonds is 1. The highest BCUT2D eigenvalue weighted by atomic mass is 32.2. The van der Waals surface area contributed by atoms with Crippen LogP contribution >= 0.6 is 11.8 Å². The number of hydrogen-bond donors (Lipinski definition) is 1. The van der Waals surface area contributed by atoms with Crippen molar-refractivity contribution in [3.63, 3.8) is 0 Å². The summed E-state index contributed by atoms with van der Waals surface area (Å²) in [5, 5.41) is 3.31. The van der Waals surface area contributed by atoms with Crippen LogP contribution < -0.4 is 5.32 Å². The van der Waals surface area contributed by atoms with Crippen LogP contribution in [0.25, 0.3) is 0 Å². The van der Waals surface area contributed by atoms with Gasteiger partial charge in [0.2, 0.25) is 5.91 Å². The van der Waals surface area contributed by atoms with Gasteiger partial charge in [-0.2, -0.15) is 0 Å². The Kier molecular flexibility index (Phi) is 3.01. The van der Waals surface area contributed by atoms with Crippen molar-refractivity contribution < 1.29 is 4.79 Å². The highest BCUT2D eigenvalue weighted by Crippen LogP contribution is 2.32. The molecule has 0 aliphatic carbocycles. The Hall–Kier alpha value is -0.550. The molecule has 2 unspecified atom stereocenters. The largest absolute Gasteiger partial charge is 0.337 e. The van der Waals surface area contributed by atoms with Crippen LogP contribution in [-0.4, -0.2) is 45.9 Å². The summed E-state index contributed by atoms with van der Waals surface area (Å²) in [5.74, 6) is 1.00. The van der Waals surface area contributed by atoms with Crippen molar-refractivity contribution in [2.75, 3.05) is 12.3 Å². The molecule has 0 radical (unpaired) electrons. The van der Waals surface area contributed by atoms with Gasteiger partial charge in [-0.3, -0.25) is 14.7 Å². The molecular weight excluding hydrogens is 222 g/mol. The maximum absolute atomic E-state index is 11.8. The minimum atomic E-state index is -0.224. The first-order valence-corrected chi connectivity index (χ1v) is 6.66. The molecule has 1 N–H and O–H groups in total. The molecule has 2 fully saturated rings. The first kappa shape index (κ1) is 11.9. The molecular formula is C11H19N3OS. The number of amides is 1. The fourth-order valence-electron chi connectivity index (χ4n) is 2.30. The van der Waals surface area contributed by atoms with E-state index in [0.717, 1.165) is 18.0 Å². The lowest BCUT2D eigenvalue weighted by Crippen LogP contribution is -2.52. The summed E-state index contributed by atoms with van der Waals surface area (Å²) in [7, 11) is 0. The van der Waals surface area contributed by atoms with E-state index in [2.05, 4.69) is 29.1 Å². The zero-order valence-corrected chi connectivity index (χ0v) is 11.1. The van der Waals surface area contributed by atoms with E-state index >= 15 is 0 Å². The molecule has 2 heterocycles. The zero-order chi connectivity index (χ0) is 11.9. The zero-order valence-electron chi connectivity index (χ0n) is 10.3. The lowest BCUT2D eigenvalue weighted by molar-refractivity contribution is -0.121. The number of fused-ring (bicyclic) bond motifs is 1. The predicted molar refractivity (Wildman–Crippen MR) is 67.7 cm³/mol. The van der Waals surface area contributed by atoms with E-state index in [1.54, 1.807) is 11.8 Å². The summed E-state index contributed by atoms with van der Waals surface area (Å²) in [6.45, 7) is 9.00. The van der Waals surface area contributed by atoms with E-state index in [0.29, 0.717) is 0 Å². The van der Waals surface area contributed by atoms with Crippen molar-refractivity contribution in [2.24, 2.45) is 4.99 Å². The van der Waals surface area contributed by atoms with E-state index in [9.17, 15) is 4.79 Å². The van der Waals surface area contributed by atoms with Crippen molar-refractivity contribution in [3.05, 3.63) is 0 Å². The van der Waals surface area contributed by atoms with Crippen LogP contribution in [0.4, 0.5) is 0 Å². The fourth-order valence-corrected chi connectivity index (χ4v) is 3.59. The molecule has 90 valence electrons. The maximum Gasteiger partial charge on any atom is 0.239 e. The topological polar surface area (TPSA) is 44.7 Å². The molecule has 1 amide bonds. The second-order valence-corrected chi connectivity index (χ2v) is 6.29. The van der Waals surface area contributed by atoms with Crippen molar-refractivity contribution in [1.29, 1.82) is 0 Å². The maximum atomic E-state index is 11.8. The Morgan fingerprint density at radius 2 is 2.25 bits per heavy atom. The van der Waals surface area contributed by atoms with Gasteiger partial charge < -0.3 is 5.32 Å². The number of nitrogens with one attached hydrogen (secondary N) is 1. The molecule has 0 saturated carbocycles. The smallest absolute Gasteiger partial charge is 0.239 e. The highest BCUT2D eigenvalue weighted by Gasteiger charge is 2.47. The molecule has 5 heteroatoms. The van der Waals surface area contributed by atoms with Crippen LogP contribution in [0.1, 0.15) is 27.7 Å². The minimum absolute atomic E-state index is 0.0311. The van der Waals surface area contributed by atoms with Crippen LogP contribution in [0.2, 0.25) is 0 Å². The average molecular weight is 241 g/mol. The number of carbonyl (C=O) groups excluding carboxylic acids is 1. The molecule has 16 heavy (non-hydrogen) atoms. The molecule has 2 aliphatic heterocycles.